The van der Waals surface area contributed by atoms with Crippen molar-refractivity contribution in [1.82, 2.24) is 4.90 Å². The van der Waals surface area contributed by atoms with E-state index in [1.807, 2.05) is 6.92 Å². The summed E-state index contributed by atoms with van der Waals surface area (Å²) in [5, 5.41) is 0. The summed E-state index contributed by atoms with van der Waals surface area (Å²) in [5.74, 6) is -0.615. The molecule has 0 spiro atoms. The third-order valence-electron chi connectivity index (χ3n) is 2.10. The molecule has 1 amide bonds. The molecule has 0 N–H and O–H groups in total. The van der Waals surface area contributed by atoms with Crippen LogP contribution in [0.1, 0.15) is 32.6 Å². The van der Waals surface area contributed by atoms with E-state index in [1.54, 1.807) is 0 Å². The molecule has 0 unspecified atom stereocenters. The van der Waals surface area contributed by atoms with E-state index in [0.29, 0.717) is 6.42 Å². The third-order valence-corrected chi connectivity index (χ3v) is 2.78. The van der Waals surface area contributed by atoms with Crippen LogP contribution in [0.2, 0.25) is 0 Å². The zero-order valence-electron chi connectivity index (χ0n) is 9.23. The molecule has 0 aromatic rings. The Hall–Kier alpha value is -0.620. The molecular weight excluding hydrogens is 218 g/mol. The minimum absolute atomic E-state index is 0.0171. The molecule has 0 saturated heterocycles. The first-order valence-electron chi connectivity index (χ1n) is 5.04. The van der Waals surface area contributed by atoms with Gasteiger partial charge in [0.2, 0.25) is 5.91 Å². The first kappa shape index (κ1) is 14.4. The van der Waals surface area contributed by atoms with Gasteiger partial charge in [0.25, 0.3) is 0 Å². The summed E-state index contributed by atoms with van der Waals surface area (Å²) in [6.45, 7) is 2.02. The summed E-state index contributed by atoms with van der Waals surface area (Å²) in [5.41, 5.74) is 0. The Bertz CT molecular complexity index is 286. The second-order valence-electron chi connectivity index (χ2n) is 3.53. The Kier molecular flexibility index (Phi) is 6.51. The van der Waals surface area contributed by atoms with E-state index >= 15 is 0 Å². The van der Waals surface area contributed by atoms with Crippen molar-refractivity contribution in [2.24, 2.45) is 0 Å². The minimum atomic E-state index is -4.22. The molecule has 90 valence electrons. The quantitative estimate of drug-likeness (QED) is 0.478. The monoisotopic (exact) mass is 236 g/mol. The highest BCUT2D eigenvalue weighted by atomic mass is 32.2. The van der Waals surface area contributed by atoms with Gasteiger partial charge in [0.15, 0.2) is 0 Å². The summed E-state index contributed by atoms with van der Waals surface area (Å²) in [6, 6.07) is 0. The number of unbranched alkanes of at least 4 members (excludes halogenated alkanes) is 2. The van der Waals surface area contributed by atoms with Gasteiger partial charge in [-0.25, -0.2) is 8.42 Å². The maximum atomic E-state index is 11.4. The zero-order valence-corrected chi connectivity index (χ0v) is 10.0. The summed E-state index contributed by atoms with van der Waals surface area (Å²) in [4.78, 5) is 12.7. The van der Waals surface area contributed by atoms with Gasteiger partial charge in [0.1, 0.15) is 0 Å². The highest BCUT2D eigenvalue weighted by molar-refractivity contribution is 7.85. The molecule has 0 saturated carbocycles. The molecule has 0 aromatic heterocycles. The predicted octanol–water partition coefficient (Wildman–Crippen LogP) is 0.570. The van der Waals surface area contributed by atoms with E-state index < -0.39 is 15.9 Å². The highest BCUT2D eigenvalue weighted by Gasteiger charge is 2.08. The Morgan fingerprint density at radius 1 is 1.33 bits per heavy atom. The molecule has 0 aliphatic carbocycles. The molecule has 0 atom stereocenters. The molecule has 0 aromatic carbocycles. The standard InChI is InChI=1S/C9H19NO4S/c1-3-4-5-6-9(11)10(2)7-8-15(12,13)14/h3-8H2,1-2H3,(H,12,13,14)/p-1. The summed E-state index contributed by atoms with van der Waals surface area (Å²) < 4.78 is 31.0. The number of nitrogens with zero attached hydrogens (tertiary/aromatic N) is 1. The van der Waals surface area contributed by atoms with Crippen molar-refractivity contribution < 1.29 is 17.8 Å². The van der Waals surface area contributed by atoms with Crippen molar-refractivity contribution in [3.05, 3.63) is 0 Å². The van der Waals surface area contributed by atoms with Gasteiger partial charge in [-0.1, -0.05) is 19.8 Å². The first-order chi connectivity index (χ1) is 6.87. The van der Waals surface area contributed by atoms with Crippen molar-refractivity contribution in [3.63, 3.8) is 0 Å². The van der Waals surface area contributed by atoms with Crippen LogP contribution in [0.25, 0.3) is 0 Å². The molecule has 6 heteroatoms. The van der Waals surface area contributed by atoms with Gasteiger partial charge in [0.05, 0.1) is 15.9 Å². The number of hydrogen-bond acceptors (Lipinski definition) is 4. The van der Waals surface area contributed by atoms with Crippen LogP contribution < -0.4 is 0 Å². The van der Waals surface area contributed by atoms with Crippen molar-refractivity contribution >= 4 is 16.0 Å². The summed E-state index contributed by atoms with van der Waals surface area (Å²) >= 11 is 0. The molecule has 0 heterocycles. The number of rotatable bonds is 7. The molecule has 0 aliphatic heterocycles. The normalized spacial score (nSPS) is 11.4. The number of carbonyl (C=O) groups excluding carboxylic acids is 1. The van der Waals surface area contributed by atoms with Crippen LogP contribution in [-0.4, -0.2) is 43.1 Å². The van der Waals surface area contributed by atoms with E-state index in [9.17, 15) is 17.8 Å². The Morgan fingerprint density at radius 3 is 2.40 bits per heavy atom. The topological polar surface area (TPSA) is 77.5 Å². The van der Waals surface area contributed by atoms with Gasteiger partial charge in [0, 0.05) is 20.0 Å². The van der Waals surface area contributed by atoms with Gasteiger partial charge in [-0.05, 0) is 6.42 Å². The first-order valence-corrected chi connectivity index (χ1v) is 6.62. The maximum Gasteiger partial charge on any atom is 0.222 e. The lowest BCUT2D eigenvalue weighted by atomic mass is 10.2. The van der Waals surface area contributed by atoms with Gasteiger partial charge >= 0.3 is 0 Å². The predicted molar refractivity (Wildman–Crippen MR) is 56.3 cm³/mol. The average molecular weight is 236 g/mol. The van der Waals surface area contributed by atoms with Gasteiger partial charge < -0.3 is 9.45 Å². The lowest BCUT2D eigenvalue weighted by molar-refractivity contribution is -0.129. The Morgan fingerprint density at radius 2 is 1.93 bits per heavy atom. The van der Waals surface area contributed by atoms with Crippen LogP contribution in [0, 0.1) is 0 Å². The fraction of sp³-hybridized carbons (Fsp3) is 0.889. The SMILES string of the molecule is CCCCCC(=O)N(C)CCS(=O)(=O)[O-]. The van der Waals surface area contributed by atoms with E-state index in [2.05, 4.69) is 0 Å². The molecule has 0 rings (SSSR count). The Balaban J connectivity index is 3.79. The van der Waals surface area contributed by atoms with Crippen LogP contribution in [0.3, 0.4) is 0 Å². The smallest absolute Gasteiger partial charge is 0.222 e. The van der Waals surface area contributed by atoms with E-state index in [4.69, 9.17) is 0 Å². The molecule has 5 nitrogen and oxygen atoms in total. The minimum Gasteiger partial charge on any atom is -0.748 e. The van der Waals surface area contributed by atoms with Gasteiger partial charge in [-0.3, -0.25) is 4.79 Å². The molecular formula is C9H18NO4S-. The lowest BCUT2D eigenvalue weighted by Crippen LogP contribution is -2.31. The lowest BCUT2D eigenvalue weighted by Gasteiger charge is -2.18. The fourth-order valence-corrected chi connectivity index (χ4v) is 1.59. The molecule has 15 heavy (non-hydrogen) atoms. The fourth-order valence-electron chi connectivity index (χ4n) is 1.09. The van der Waals surface area contributed by atoms with Crippen molar-refractivity contribution in [2.75, 3.05) is 19.3 Å². The van der Waals surface area contributed by atoms with Crippen LogP contribution in [-0.2, 0) is 14.9 Å². The summed E-state index contributed by atoms with van der Waals surface area (Å²) in [6.07, 6.45) is 3.25. The molecule has 0 fully saturated rings. The highest BCUT2D eigenvalue weighted by Crippen LogP contribution is 2.01. The number of hydrogen-bond donors (Lipinski definition) is 0. The largest absolute Gasteiger partial charge is 0.748 e. The van der Waals surface area contributed by atoms with Crippen LogP contribution >= 0.6 is 0 Å². The van der Waals surface area contributed by atoms with Crippen LogP contribution in [0.4, 0.5) is 0 Å². The third kappa shape index (κ3) is 8.38. The maximum absolute atomic E-state index is 11.4. The van der Waals surface area contributed by atoms with E-state index in [0.717, 1.165) is 19.3 Å². The van der Waals surface area contributed by atoms with Crippen molar-refractivity contribution in [1.29, 1.82) is 0 Å². The summed E-state index contributed by atoms with van der Waals surface area (Å²) in [7, 11) is -2.71. The van der Waals surface area contributed by atoms with Gasteiger partial charge in [-0.2, -0.15) is 0 Å². The second-order valence-corrected chi connectivity index (χ2v) is 5.06. The average Bonchev–Trinajstić information content (AvgIpc) is 2.13. The van der Waals surface area contributed by atoms with Crippen molar-refractivity contribution in [3.8, 4) is 0 Å². The van der Waals surface area contributed by atoms with E-state index in [-0.39, 0.29) is 12.5 Å². The molecule has 0 radical (unpaired) electrons. The number of amides is 1. The molecule has 0 bridgehead atoms. The molecule has 0 aliphatic rings. The Labute approximate surface area is 91.2 Å². The second kappa shape index (κ2) is 6.79. The number of carbonyl (C=O) groups is 1. The van der Waals surface area contributed by atoms with Crippen LogP contribution in [0.5, 0.6) is 0 Å². The zero-order chi connectivity index (χ0) is 11.9. The van der Waals surface area contributed by atoms with Crippen molar-refractivity contribution in [2.45, 2.75) is 32.6 Å². The van der Waals surface area contributed by atoms with E-state index in [1.165, 1.54) is 11.9 Å². The van der Waals surface area contributed by atoms with Gasteiger partial charge in [-0.15, -0.1) is 0 Å². The van der Waals surface area contributed by atoms with Crippen LogP contribution in [0.15, 0.2) is 0 Å².